The van der Waals surface area contributed by atoms with E-state index in [4.69, 9.17) is 4.74 Å². The van der Waals surface area contributed by atoms with Crippen molar-refractivity contribution in [3.8, 4) is 5.75 Å². The van der Waals surface area contributed by atoms with E-state index in [9.17, 15) is 0 Å². The number of ether oxygens (including phenoxy) is 1. The van der Waals surface area contributed by atoms with E-state index in [2.05, 4.69) is 75.4 Å². The largest absolute Gasteiger partial charge is 0.489 e. The Kier molecular flexibility index (Phi) is 3.13. The van der Waals surface area contributed by atoms with Crippen LogP contribution in [0.1, 0.15) is 37.5 Å². The summed E-state index contributed by atoms with van der Waals surface area (Å²) in [5.74, 6) is 0.986. The fraction of sp³-hybridized carbons (Fsp3) is 0.263. The summed E-state index contributed by atoms with van der Waals surface area (Å²) in [6.07, 6.45) is 2.17. The lowest BCUT2D eigenvalue weighted by Crippen LogP contribution is -2.13. The van der Waals surface area contributed by atoms with Crippen molar-refractivity contribution in [3.63, 3.8) is 0 Å². The smallest absolute Gasteiger partial charge is 0.127 e. The van der Waals surface area contributed by atoms with Crippen molar-refractivity contribution in [1.82, 2.24) is 0 Å². The van der Waals surface area contributed by atoms with Gasteiger partial charge in [0.05, 0.1) is 0 Å². The Morgan fingerprint density at radius 3 is 2.40 bits per heavy atom. The molecule has 2 aromatic rings. The highest BCUT2D eigenvalue weighted by Gasteiger charge is 2.20. The van der Waals surface area contributed by atoms with E-state index >= 15 is 0 Å². The molecule has 1 nitrogen and oxygen atoms in total. The predicted molar refractivity (Wildman–Crippen MR) is 84.2 cm³/mol. The van der Waals surface area contributed by atoms with Gasteiger partial charge in [0, 0.05) is 5.56 Å². The molecule has 0 unspecified atom stereocenters. The minimum Gasteiger partial charge on any atom is -0.489 e. The second-order valence-corrected chi connectivity index (χ2v) is 6.26. The van der Waals surface area contributed by atoms with Gasteiger partial charge in [-0.15, -0.1) is 0 Å². The molecule has 20 heavy (non-hydrogen) atoms. The van der Waals surface area contributed by atoms with Crippen LogP contribution >= 0.6 is 0 Å². The van der Waals surface area contributed by atoms with Crippen molar-refractivity contribution in [1.29, 1.82) is 0 Å². The van der Waals surface area contributed by atoms with Crippen molar-refractivity contribution in [2.45, 2.75) is 26.2 Å². The number of benzene rings is 2. The Hall–Kier alpha value is -2.02. The van der Waals surface area contributed by atoms with E-state index in [0.717, 1.165) is 5.75 Å². The number of rotatable bonds is 1. The summed E-state index contributed by atoms with van der Waals surface area (Å²) in [5.41, 5.74) is 5.22. The fourth-order valence-electron chi connectivity index (χ4n) is 2.55. The van der Waals surface area contributed by atoms with Gasteiger partial charge in [0.25, 0.3) is 0 Å². The summed E-state index contributed by atoms with van der Waals surface area (Å²) < 4.78 is 5.77. The van der Waals surface area contributed by atoms with Crippen LogP contribution in [0.15, 0.2) is 54.6 Å². The highest BCUT2D eigenvalue weighted by atomic mass is 16.5. The van der Waals surface area contributed by atoms with E-state index in [-0.39, 0.29) is 5.41 Å². The van der Waals surface area contributed by atoms with Crippen molar-refractivity contribution < 1.29 is 4.74 Å². The molecule has 0 amide bonds. The first kappa shape index (κ1) is 13.0. The van der Waals surface area contributed by atoms with Crippen molar-refractivity contribution >= 4 is 5.57 Å². The Morgan fingerprint density at radius 1 is 0.950 bits per heavy atom. The second kappa shape index (κ2) is 4.82. The van der Waals surface area contributed by atoms with Gasteiger partial charge in [-0.25, -0.2) is 0 Å². The Labute approximate surface area is 120 Å². The molecule has 0 aromatic heterocycles. The van der Waals surface area contributed by atoms with E-state index in [0.29, 0.717) is 6.61 Å². The van der Waals surface area contributed by atoms with E-state index in [1.807, 2.05) is 0 Å². The third-order valence-corrected chi connectivity index (χ3v) is 3.75. The van der Waals surface area contributed by atoms with Gasteiger partial charge in [-0.05, 0) is 40.3 Å². The third kappa shape index (κ3) is 2.36. The zero-order valence-corrected chi connectivity index (χ0v) is 12.3. The quantitative estimate of drug-likeness (QED) is 0.718. The van der Waals surface area contributed by atoms with Gasteiger partial charge in [-0.1, -0.05) is 57.2 Å². The van der Waals surface area contributed by atoms with E-state index in [1.54, 1.807) is 0 Å². The average molecular weight is 264 g/mol. The topological polar surface area (TPSA) is 9.23 Å². The molecular weight excluding hydrogens is 244 g/mol. The van der Waals surface area contributed by atoms with Gasteiger partial charge in [0.15, 0.2) is 0 Å². The fourth-order valence-corrected chi connectivity index (χ4v) is 2.55. The summed E-state index contributed by atoms with van der Waals surface area (Å²) >= 11 is 0. The molecule has 3 rings (SSSR count). The summed E-state index contributed by atoms with van der Waals surface area (Å²) in [5, 5.41) is 0. The van der Waals surface area contributed by atoms with Crippen molar-refractivity contribution in [3.05, 3.63) is 71.3 Å². The van der Waals surface area contributed by atoms with Crippen LogP contribution in [0.3, 0.4) is 0 Å². The monoisotopic (exact) mass is 264 g/mol. The van der Waals surface area contributed by atoms with Crippen molar-refractivity contribution in [2.75, 3.05) is 6.61 Å². The highest BCUT2D eigenvalue weighted by Crippen LogP contribution is 2.37. The van der Waals surface area contributed by atoms with Gasteiger partial charge >= 0.3 is 0 Å². The van der Waals surface area contributed by atoms with Crippen LogP contribution in [-0.4, -0.2) is 6.61 Å². The molecule has 1 aliphatic heterocycles. The molecule has 1 heterocycles. The van der Waals surface area contributed by atoms with Crippen LogP contribution < -0.4 is 4.74 Å². The Bertz CT molecular complexity index is 645. The summed E-state index contributed by atoms with van der Waals surface area (Å²) in [4.78, 5) is 0. The number of fused-ring (bicyclic) bond motifs is 1. The lowest BCUT2D eigenvalue weighted by molar-refractivity contribution is 0.357. The first-order valence-corrected chi connectivity index (χ1v) is 7.09. The molecule has 0 bridgehead atoms. The minimum atomic E-state index is 0.147. The molecule has 0 N–H and O–H groups in total. The predicted octanol–water partition coefficient (Wildman–Crippen LogP) is 4.81. The molecule has 0 spiro atoms. The molecule has 0 saturated carbocycles. The zero-order chi connectivity index (χ0) is 14.2. The van der Waals surface area contributed by atoms with Gasteiger partial charge in [-0.3, -0.25) is 0 Å². The lowest BCUT2D eigenvalue weighted by Gasteiger charge is -2.24. The van der Waals surface area contributed by atoms with Gasteiger partial charge < -0.3 is 4.74 Å². The van der Waals surface area contributed by atoms with Crippen LogP contribution in [0.4, 0.5) is 0 Å². The van der Waals surface area contributed by atoms with E-state index in [1.165, 1.54) is 22.3 Å². The molecule has 0 atom stereocenters. The molecule has 0 aliphatic carbocycles. The maximum Gasteiger partial charge on any atom is 0.127 e. The molecule has 1 aliphatic rings. The lowest BCUT2D eigenvalue weighted by atomic mass is 9.84. The van der Waals surface area contributed by atoms with Crippen molar-refractivity contribution in [2.24, 2.45) is 0 Å². The molecule has 1 heteroatoms. The maximum atomic E-state index is 5.77. The van der Waals surface area contributed by atoms with E-state index < -0.39 is 0 Å². The van der Waals surface area contributed by atoms with Crippen LogP contribution in [0.5, 0.6) is 5.75 Å². The Balaban J connectivity index is 2.12. The van der Waals surface area contributed by atoms with Gasteiger partial charge in [-0.2, -0.15) is 0 Å². The first-order valence-electron chi connectivity index (χ1n) is 7.09. The van der Waals surface area contributed by atoms with Crippen LogP contribution in [0.2, 0.25) is 0 Å². The third-order valence-electron chi connectivity index (χ3n) is 3.75. The first-order chi connectivity index (χ1) is 9.55. The van der Waals surface area contributed by atoms with Crippen LogP contribution in [0, 0.1) is 0 Å². The molecule has 2 aromatic carbocycles. The molecular formula is C19H20O. The minimum absolute atomic E-state index is 0.147. The van der Waals surface area contributed by atoms with Crippen LogP contribution in [0.25, 0.3) is 5.57 Å². The second-order valence-electron chi connectivity index (χ2n) is 6.26. The molecule has 0 fully saturated rings. The molecule has 0 saturated heterocycles. The standard InChI is InChI=1S/C19H20O/c1-19(2,3)15-9-10-18-17(13-15)16(11-12-20-18)14-7-5-4-6-8-14/h4-11,13H,12H2,1-3H3. The summed E-state index contributed by atoms with van der Waals surface area (Å²) in [6.45, 7) is 7.37. The summed E-state index contributed by atoms with van der Waals surface area (Å²) in [7, 11) is 0. The molecule has 0 radical (unpaired) electrons. The van der Waals surface area contributed by atoms with Gasteiger partial charge in [0.2, 0.25) is 0 Å². The Morgan fingerprint density at radius 2 is 1.70 bits per heavy atom. The maximum absolute atomic E-state index is 5.77. The highest BCUT2D eigenvalue weighted by molar-refractivity contribution is 5.84. The average Bonchev–Trinajstić information content (AvgIpc) is 2.46. The zero-order valence-electron chi connectivity index (χ0n) is 12.3. The van der Waals surface area contributed by atoms with Crippen LogP contribution in [-0.2, 0) is 5.41 Å². The SMILES string of the molecule is CC(C)(C)c1ccc2c(c1)C(c1ccccc1)=CCO2. The number of hydrogen-bond acceptors (Lipinski definition) is 1. The normalized spacial score (nSPS) is 14.2. The summed E-state index contributed by atoms with van der Waals surface area (Å²) in [6, 6.07) is 17.1. The molecule has 102 valence electrons. The number of hydrogen-bond donors (Lipinski definition) is 0. The van der Waals surface area contributed by atoms with Gasteiger partial charge in [0.1, 0.15) is 12.4 Å².